The molecule has 2 aromatic heterocycles. The lowest BCUT2D eigenvalue weighted by molar-refractivity contribution is -0.137. The summed E-state index contributed by atoms with van der Waals surface area (Å²) in [5.74, 6) is -0.664. The van der Waals surface area contributed by atoms with Gasteiger partial charge >= 0.3 is 12.1 Å². The van der Waals surface area contributed by atoms with Crippen LogP contribution in [0.3, 0.4) is 0 Å². The summed E-state index contributed by atoms with van der Waals surface area (Å²) in [7, 11) is 1.20. The zero-order chi connectivity index (χ0) is 19.9. The number of ether oxygens (including phenoxy) is 1. The molecule has 0 fully saturated rings. The molecule has 0 spiro atoms. The number of halogens is 4. The Morgan fingerprint density at radius 2 is 1.93 bits per heavy atom. The summed E-state index contributed by atoms with van der Waals surface area (Å²) in [6.07, 6.45) is -3.34. The van der Waals surface area contributed by atoms with Crippen molar-refractivity contribution in [1.82, 2.24) is 9.55 Å². The van der Waals surface area contributed by atoms with Crippen molar-refractivity contribution in [2.45, 2.75) is 13.1 Å². The number of rotatable bonds is 2. The molecule has 3 aromatic rings. The third-order valence-electron chi connectivity index (χ3n) is 4.01. The van der Waals surface area contributed by atoms with Gasteiger partial charge in [0.25, 0.3) is 5.56 Å². The first-order chi connectivity index (χ1) is 12.6. The molecule has 0 aliphatic rings. The van der Waals surface area contributed by atoms with Gasteiger partial charge in [-0.3, -0.25) is 14.3 Å². The number of alkyl halides is 3. The van der Waals surface area contributed by atoms with E-state index < -0.39 is 28.3 Å². The van der Waals surface area contributed by atoms with Gasteiger partial charge in [-0.15, -0.1) is 0 Å². The van der Waals surface area contributed by atoms with Gasteiger partial charge in [0.15, 0.2) is 0 Å². The number of fused-ring (bicyclic) bond motifs is 1. The lowest BCUT2D eigenvalue weighted by atomic mass is 10.1. The SMILES string of the molecule is COC(=O)c1cc2c(=O)n(-c3ccc(Cl)c(C(F)(F)F)c3)ccc2nc1C. The molecule has 0 atom stereocenters. The smallest absolute Gasteiger partial charge is 0.417 e. The molecular weight excluding hydrogens is 385 g/mol. The third-order valence-corrected chi connectivity index (χ3v) is 4.34. The summed E-state index contributed by atoms with van der Waals surface area (Å²) in [6, 6.07) is 5.96. The molecule has 5 nitrogen and oxygen atoms in total. The molecule has 140 valence electrons. The highest BCUT2D eigenvalue weighted by Gasteiger charge is 2.33. The minimum atomic E-state index is -4.66. The molecule has 1 aromatic carbocycles. The van der Waals surface area contributed by atoms with E-state index in [0.717, 1.165) is 16.7 Å². The number of hydrogen-bond acceptors (Lipinski definition) is 4. The fraction of sp³-hybridized carbons (Fsp3) is 0.167. The van der Waals surface area contributed by atoms with Gasteiger partial charge in [-0.1, -0.05) is 11.6 Å². The Balaban J connectivity index is 2.25. The average Bonchev–Trinajstić information content (AvgIpc) is 2.61. The molecular formula is C18H12ClF3N2O3. The summed E-state index contributed by atoms with van der Waals surface area (Å²) < 4.78 is 45.0. The lowest BCUT2D eigenvalue weighted by Crippen LogP contribution is -2.20. The summed E-state index contributed by atoms with van der Waals surface area (Å²) in [5.41, 5.74) is -0.902. The van der Waals surface area contributed by atoms with Gasteiger partial charge in [0.05, 0.1) is 39.9 Å². The second kappa shape index (κ2) is 6.70. The molecule has 0 N–H and O–H groups in total. The molecule has 0 saturated carbocycles. The van der Waals surface area contributed by atoms with E-state index in [1.165, 1.54) is 31.5 Å². The quantitative estimate of drug-likeness (QED) is 0.610. The number of aromatic nitrogens is 2. The predicted octanol–water partition coefficient (Wildman–Crippen LogP) is 4.15. The van der Waals surface area contributed by atoms with Crippen LogP contribution in [0.4, 0.5) is 13.2 Å². The van der Waals surface area contributed by atoms with Crippen molar-refractivity contribution in [2.24, 2.45) is 0 Å². The van der Waals surface area contributed by atoms with Crippen molar-refractivity contribution >= 4 is 28.5 Å². The molecule has 0 radical (unpaired) electrons. The normalized spacial score (nSPS) is 11.6. The van der Waals surface area contributed by atoms with Crippen LogP contribution in [0.25, 0.3) is 16.6 Å². The number of hydrogen-bond donors (Lipinski definition) is 0. The molecule has 0 unspecified atom stereocenters. The van der Waals surface area contributed by atoms with Crippen molar-refractivity contribution < 1.29 is 22.7 Å². The second-order valence-electron chi connectivity index (χ2n) is 5.70. The number of pyridine rings is 2. The molecule has 0 saturated heterocycles. The lowest BCUT2D eigenvalue weighted by Gasteiger charge is -2.13. The molecule has 0 aliphatic carbocycles. The van der Waals surface area contributed by atoms with Gasteiger partial charge in [-0.2, -0.15) is 13.2 Å². The number of esters is 1. The van der Waals surface area contributed by atoms with Crippen LogP contribution in [0.2, 0.25) is 5.02 Å². The highest BCUT2D eigenvalue weighted by Crippen LogP contribution is 2.35. The van der Waals surface area contributed by atoms with Crippen LogP contribution < -0.4 is 5.56 Å². The number of carbonyl (C=O) groups is 1. The molecule has 0 bridgehead atoms. The highest BCUT2D eigenvalue weighted by molar-refractivity contribution is 6.31. The Kier molecular flexibility index (Phi) is 4.69. The zero-order valence-corrected chi connectivity index (χ0v) is 14.9. The van der Waals surface area contributed by atoms with Gasteiger partial charge < -0.3 is 4.74 Å². The maximum atomic E-state index is 13.1. The number of methoxy groups -OCH3 is 1. The molecule has 9 heteroatoms. The van der Waals surface area contributed by atoms with Crippen molar-refractivity contribution in [3.63, 3.8) is 0 Å². The molecule has 27 heavy (non-hydrogen) atoms. The van der Waals surface area contributed by atoms with Crippen LogP contribution in [-0.4, -0.2) is 22.6 Å². The minimum absolute atomic E-state index is 0.0150. The molecule has 0 amide bonds. The van der Waals surface area contributed by atoms with Crippen LogP contribution in [0, 0.1) is 6.92 Å². The molecule has 0 aliphatic heterocycles. The van der Waals surface area contributed by atoms with Crippen LogP contribution in [-0.2, 0) is 10.9 Å². The van der Waals surface area contributed by atoms with Crippen molar-refractivity contribution in [3.8, 4) is 5.69 Å². The Labute approximate surface area is 156 Å². The summed E-state index contributed by atoms with van der Waals surface area (Å²) in [4.78, 5) is 28.8. The highest BCUT2D eigenvalue weighted by atomic mass is 35.5. The van der Waals surface area contributed by atoms with E-state index >= 15 is 0 Å². The summed E-state index contributed by atoms with van der Waals surface area (Å²) in [5, 5.41) is -0.391. The maximum Gasteiger partial charge on any atom is 0.417 e. The standard InChI is InChI=1S/C18H12ClF3N2O3/c1-9-11(17(26)27-2)8-12-15(23-9)5-6-24(16(12)25)10-3-4-14(19)13(7-10)18(20,21)22/h3-8H,1-2H3. The summed E-state index contributed by atoms with van der Waals surface area (Å²) >= 11 is 5.62. The Bertz CT molecular complexity index is 1120. The van der Waals surface area contributed by atoms with Gasteiger partial charge in [0.1, 0.15) is 0 Å². The van der Waals surface area contributed by atoms with Crippen molar-refractivity contribution in [3.05, 3.63) is 68.7 Å². The largest absolute Gasteiger partial charge is 0.465 e. The first kappa shape index (κ1) is 18.9. The van der Waals surface area contributed by atoms with Crippen LogP contribution in [0.5, 0.6) is 0 Å². The summed E-state index contributed by atoms with van der Waals surface area (Å²) in [6.45, 7) is 1.59. The van der Waals surface area contributed by atoms with Gasteiger partial charge in [0.2, 0.25) is 0 Å². The number of benzene rings is 1. The van der Waals surface area contributed by atoms with E-state index in [1.807, 2.05) is 0 Å². The van der Waals surface area contributed by atoms with E-state index in [9.17, 15) is 22.8 Å². The minimum Gasteiger partial charge on any atom is -0.465 e. The van der Waals surface area contributed by atoms with E-state index in [1.54, 1.807) is 6.92 Å². The first-order valence-corrected chi connectivity index (χ1v) is 7.99. The second-order valence-corrected chi connectivity index (χ2v) is 6.11. The van der Waals surface area contributed by atoms with Gasteiger partial charge in [-0.25, -0.2) is 4.79 Å². The van der Waals surface area contributed by atoms with Crippen molar-refractivity contribution in [2.75, 3.05) is 7.11 Å². The van der Waals surface area contributed by atoms with Crippen LogP contribution >= 0.6 is 11.6 Å². The Morgan fingerprint density at radius 3 is 2.56 bits per heavy atom. The Hall–Kier alpha value is -2.87. The fourth-order valence-corrected chi connectivity index (χ4v) is 2.89. The van der Waals surface area contributed by atoms with Crippen LogP contribution in [0.15, 0.2) is 41.3 Å². The van der Waals surface area contributed by atoms with E-state index in [4.69, 9.17) is 11.6 Å². The predicted molar refractivity (Wildman–Crippen MR) is 93.4 cm³/mol. The van der Waals surface area contributed by atoms with Crippen molar-refractivity contribution in [1.29, 1.82) is 0 Å². The monoisotopic (exact) mass is 396 g/mol. The number of aryl methyl sites for hydroxylation is 1. The number of carbonyl (C=O) groups excluding carboxylic acids is 1. The molecule has 3 rings (SSSR count). The zero-order valence-electron chi connectivity index (χ0n) is 14.1. The topological polar surface area (TPSA) is 61.2 Å². The van der Waals surface area contributed by atoms with Gasteiger partial charge in [0, 0.05) is 11.9 Å². The Morgan fingerprint density at radius 1 is 1.22 bits per heavy atom. The van der Waals surface area contributed by atoms with Gasteiger partial charge in [-0.05, 0) is 37.3 Å². The first-order valence-electron chi connectivity index (χ1n) is 7.62. The van der Waals surface area contributed by atoms with E-state index in [-0.39, 0.29) is 16.6 Å². The maximum absolute atomic E-state index is 13.1. The van der Waals surface area contributed by atoms with E-state index in [2.05, 4.69) is 9.72 Å². The fourth-order valence-electron chi connectivity index (χ4n) is 2.67. The third kappa shape index (κ3) is 3.40. The number of nitrogens with zero attached hydrogens (tertiary/aromatic N) is 2. The van der Waals surface area contributed by atoms with E-state index in [0.29, 0.717) is 11.2 Å². The molecule has 2 heterocycles. The average molecular weight is 397 g/mol. The van der Waals surface area contributed by atoms with Crippen LogP contribution in [0.1, 0.15) is 21.6 Å².